The number of likely N-dealkylation sites (tertiary alicyclic amines) is 1. The molecule has 1 atom stereocenters. The van der Waals surface area contributed by atoms with Crippen LogP contribution in [0.1, 0.15) is 24.2 Å². The van der Waals surface area contributed by atoms with Crippen molar-refractivity contribution in [1.82, 2.24) is 24.2 Å². The topological polar surface area (TPSA) is 38.9 Å². The zero-order valence-electron chi connectivity index (χ0n) is 15.1. The Morgan fingerprint density at radius 1 is 1.23 bits per heavy atom. The van der Waals surface area contributed by atoms with Crippen LogP contribution in [-0.2, 0) is 13.1 Å². The fourth-order valence-electron chi connectivity index (χ4n) is 3.75. The minimum Gasteiger partial charge on any atom is -0.335 e. The number of aryl methyl sites for hydroxylation is 1. The summed E-state index contributed by atoms with van der Waals surface area (Å²) in [5, 5.41) is 4.43. The summed E-state index contributed by atoms with van der Waals surface area (Å²) in [5.74, 6) is 1.51. The van der Waals surface area contributed by atoms with E-state index >= 15 is 0 Å². The maximum Gasteiger partial charge on any atom is 0.123 e. The van der Waals surface area contributed by atoms with Crippen LogP contribution in [0.25, 0.3) is 5.69 Å². The van der Waals surface area contributed by atoms with Gasteiger partial charge in [0.1, 0.15) is 11.6 Å². The Balaban J connectivity index is 1.38. The second-order valence-electron chi connectivity index (χ2n) is 7.14. The molecule has 1 aliphatic heterocycles. The van der Waals surface area contributed by atoms with E-state index in [9.17, 15) is 4.39 Å². The third-order valence-electron chi connectivity index (χ3n) is 5.12. The molecular weight excluding hydrogens is 329 g/mol. The van der Waals surface area contributed by atoms with Crippen molar-refractivity contribution in [3.8, 4) is 5.69 Å². The number of imidazole rings is 1. The van der Waals surface area contributed by atoms with Crippen LogP contribution in [0.5, 0.6) is 0 Å². The Labute approximate surface area is 153 Å². The van der Waals surface area contributed by atoms with E-state index < -0.39 is 0 Å². The van der Waals surface area contributed by atoms with Gasteiger partial charge < -0.3 is 4.57 Å². The lowest BCUT2D eigenvalue weighted by atomic mass is 9.97. The first-order valence-corrected chi connectivity index (χ1v) is 9.17. The third kappa shape index (κ3) is 3.85. The summed E-state index contributed by atoms with van der Waals surface area (Å²) in [7, 11) is 0. The van der Waals surface area contributed by atoms with Crippen LogP contribution in [0.3, 0.4) is 0 Å². The molecule has 1 aliphatic rings. The van der Waals surface area contributed by atoms with Gasteiger partial charge >= 0.3 is 0 Å². The molecule has 4 rings (SSSR count). The summed E-state index contributed by atoms with van der Waals surface area (Å²) in [6, 6.07) is 6.42. The molecule has 3 aromatic rings. The van der Waals surface area contributed by atoms with Crippen LogP contribution in [-0.4, -0.2) is 37.3 Å². The zero-order valence-corrected chi connectivity index (χ0v) is 15.1. The maximum absolute atomic E-state index is 13.1. The minimum absolute atomic E-state index is 0.228. The molecule has 0 spiro atoms. The summed E-state index contributed by atoms with van der Waals surface area (Å²) in [6.45, 7) is 6.22. The molecule has 1 unspecified atom stereocenters. The number of halogens is 1. The van der Waals surface area contributed by atoms with Crippen LogP contribution in [0.4, 0.5) is 4.39 Å². The molecule has 0 radical (unpaired) electrons. The largest absolute Gasteiger partial charge is 0.335 e. The number of hydrogen-bond donors (Lipinski definition) is 0. The molecule has 0 aliphatic carbocycles. The molecule has 136 valence electrons. The van der Waals surface area contributed by atoms with Gasteiger partial charge in [-0.15, -0.1) is 0 Å². The summed E-state index contributed by atoms with van der Waals surface area (Å²) < 4.78 is 17.1. The molecule has 0 bridgehead atoms. The number of aromatic nitrogens is 4. The van der Waals surface area contributed by atoms with E-state index in [0.717, 1.165) is 37.7 Å². The Bertz CT molecular complexity index is 851. The van der Waals surface area contributed by atoms with Gasteiger partial charge in [-0.3, -0.25) is 4.90 Å². The molecule has 0 saturated carbocycles. The van der Waals surface area contributed by atoms with E-state index in [1.54, 1.807) is 12.1 Å². The lowest BCUT2D eigenvalue weighted by Crippen LogP contribution is -2.36. The van der Waals surface area contributed by atoms with Crippen molar-refractivity contribution in [2.24, 2.45) is 5.92 Å². The summed E-state index contributed by atoms with van der Waals surface area (Å²) in [5.41, 5.74) is 2.07. The Hall–Kier alpha value is -2.47. The highest BCUT2D eigenvalue weighted by Gasteiger charge is 2.21. The Kier molecular flexibility index (Phi) is 4.84. The molecule has 2 aromatic heterocycles. The Morgan fingerprint density at radius 2 is 2.08 bits per heavy atom. The van der Waals surface area contributed by atoms with Crippen molar-refractivity contribution in [3.05, 3.63) is 66.3 Å². The van der Waals surface area contributed by atoms with Gasteiger partial charge in [0.25, 0.3) is 0 Å². The minimum atomic E-state index is -0.228. The maximum atomic E-state index is 13.1. The number of rotatable bonds is 5. The fraction of sp³-hybridized carbons (Fsp3) is 0.400. The molecule has 0 amide bonds. The van der Waals surface area contributed by atoms with E-state index in [0.29, 0.717) is 5.92 Å². The zero-order chi connectivity index (χ0) is 17.9. The predicted molar refractivity (Wildman–Crippen MR) is 98.5 cm³/mol. The van der Waals surface area contributed by atoms with Crippen molar-refractivity contribution >= 4 is 0 Å². The number of hydrogen-bond acceptors (Lipinski definition) is 3. The van der Waals surface area contributed by atoms with Gasteiger partial charge in [0.15, 0.2) is 0 Å². The molecule has 3 heterocycles. The fourth-order valence-corrected chi connectivity index (χ4v) is 3.75. The van der Waals surface area contributed by atoms with Crippen LogP contribution in [0.2, 0.25) is 0 Å². The lowest BCUT2D eigenvalue weighted by molar-refractivity contribution is 0.155. The number of nitrogens with zero attached hydrogens (tertiary/aromatic N) is 5. The molecule has 5 nitrogen and oxygen atoms in total. The smallest absolute Gasteiger partial charge is 0.123 e. The quantitative estimate of drug-likeness (QED) is 0.705. The van der Waals surface area contributed by atoms with Gasteiger partial charge in [-0.1, -0.05) is 0 Å². The second kappa shape index (κ2) is 7.41. The molecular formula is C20H24FN5. The van der Waals surface area contributed by atoms with E-state index in [1.807, 2.05) is 23.3 Å². The van der Waals surface area contributed by atoms with Gasteiger partial charge in [-0.05, 0) is 56.5 Å². The summed E-state index contributed by atoms with van der Waals surface area (Å²) in [4.78, 5) is 6.83. The molecule has 1 saturated heterocycles. The van der Waals surface area contributed by atoms with Gasteiger partial charge in [0.05, 0.1) is 11.9 Å². The molecule has 0 N–H and O–H groups in total. The second-order valence-corrected chi connectivity index (χ2v) is 7.14. The lowest BCUT2D eigenvalue weighted by Gasteiger charge is -2.32. The van der Waals surface area contributed by atoms with Crippen molar-refractivity contribution in [1.29, 1.82) is 0 Å². The monoisotopic (exact) mass is 353 g/mol. The first-order valence-electron chi connectivity index (χ1n) is 9.17. The molecule has 1 aromatic carbocycles. The van der Waals surface area contributed by atoms with Gasteiger partial charge in [-0.2, -0.15) is 5.10 Å². The highest BCUT2D eigenvalue weighted by atomic mass is 19.1. The van der Waals surface area contributed by atoms with Crippen molar-refractivity contribution in [3.63, 3.8) is 0 Å². The van der Waals surface area contributed by atoms with E-state index in [4.69, 9.17) is 0 Å². The van der Waals surface area contributed by atoms with E-state index in [-0.39, 0.29) is 5.82 Å². The van der Waals surface area contributed by atoms with Gasteiger partial charge in [-0.25, -0.2) is 14.1 Å². The summed E-state index contributed by atoms with van der Waals surface area (Å²) >= 11 is 0. The van der Waals surface area contributed by atoms with Crippen LogP contribution in [0, 0.1) is 18.7 Å². The average molecular weight is 353 g/mol. The van der Waals surface area contributed by atoms with Crippen LogP contribution < -0.4 is 0 Å². The predicted octanol–water partition coefficient (Wildman–Crippen LogP) is 3.43. The number of piperidine rings is 1. The van der Waals surface area contributed by atoms with Crippen LogP contribution in [0.15, 0.2) is 49.1 Å². The van der Waals surface area contributed by atoms with Gasteiger partial charge in [0, 0.05) is 43.8 Å². The standard InChI is InChI=1S/C20H24FN5/c1-16-22-8-10-25(16)14-17-3-2-9-24(12-17)13-18-11-23-26(15-18)20-6-4-19(21)5-7-20/h4-8,10-11,15,17H,2-3,9,12-14H2,1H3. The first-order chi connectivity index (χ1) is 12.7. The average Bonchev–Trinajstić information content (AvgIpc) is 3.26. The molecule has 1 fully saturated rings. The van der Waals surface area contributed by atoms with Crippen molar-refractivity contribution in [2.75, 3.05) is 13.1 Å². The third-order valence-corrected chi connectivity index (χ3v) is 5.12. The van der Waals surface area contributed by atoms with Crippen LogP contribution >= 0.6 is 0 Å². The first kappa shape index (κ1) is 17.0. The summed E-state index contributed by atoms with van der Waals surface area (Å²) in [6.07, 6.45) is 10.4. The Morgan fingerprint density at radius 3 is 2.85 bits per heavy atom. The highest BCUT2D eigenvalue weighted by Crippen LogP contribution is 2.21. The van der Waals surface area contributed by atoms with Gasteiger partial charge in [0.2, 0.25) is 0 Å². The van der Waals surface area contributed by atoms with Crippen molar-refractivity contribution < 1.29 is 4.39 Å². The van der Waals surface area contributed by atoms with E-state index in [2.05, 4.69) is 32.7 Å². The SMILES string of the molecule is Cc1nccn1CC1CCCN(Cc2cnn(-c3ccc(F)cc3)c2)C1. The highest BCUT2D eigenvalue weighted by molar-refractivity contribution is 5.31. The van der Waals surface area contributed by atoms with Crippen molar-refractivity contribution in [2.45, 2.75) is 32.9 Å². The van der Waals surface area contributed by atoms with E-state index in [1.165, 1.54) is 30.5 Å². The normalized spacial score (nSPS) is 18.3. The molecule has 26 heavy (non-hydrogen) atoms. The number of benzene rings is 1. The molecule has 6 heteroatoms.